The van der Waals surface area contributed by atoms with Crippen molar-refractivity contribution in [3.8, 4) is 5.75 Å². The van der Waals surface area contributed by atoms with Crippen molar-refractivity contribution < 1.29 is 9.53 Å². The zero-order valence-corrected chi connectivity index (χ0v) is 13.2. The van der Waals surface area contributed by atoms with E-state index in [1.54, 1.807) is 31.2 Å². The van der Waals surface area contributed by atoms with Crippen LogP contribution >= 0.6 is 11.6 Å². The predicted octanol–water partition coefficient (Wildman–Crippen LogP) is 3.65. The molecule has 1 N–H and O–H groups in total. The molecule has 1 amide bonds. The first-order chi connectivity index (χ1) is 10.6. The molecule has 0 saturated carbocycles. The Hall–Kier alpha value is -2.33. The number of carbonyl (C=O) groups excluding carboxylic acids is 1. The fraction of sp³-hybridized carbons (Fsp3) is 0.176. The summed E-state index contributed by atoms with van der Waals surface area (Å²) in [6, 6.07) is 16.5. The summed E-state index contributed by atoms with van der Waals surface area (Å²) in [7, 11) is 0. The van der Waals surface area contributed by atoms with Crippen LogP contribution in [0.25, 0.3) is 0 Å². The van der Waals surface area contributed by atoms with E-state index in [2.05, 4.69) is 10.5 Å². The molecule has 0 aromatic heterocycles. The molecule has 0 aliphatic rings. The van der Waals surface area contributed by atoms with Gasteiger partial charge in [0.15, 0.2) is 6.10 Å². The number of carbonyl (C=O) groups is 1. The summed E-state index contributed by atoms with van der Waals surface area (Å²) in [6.07, 6.45) is -0.659. The molecule has 0 fully saturated rings. The van der Waals surface area contributed by atoms with Crippen LogP contribution in [0, 0.1) is 0 Å². The summed E-state index contributed by atoms with van der Waals surface area (Å²) in [5.74, 6) is 0.265. The highest BCUT2D eigenvalue weighted by Crippen LogP contribution is 2.16. The highest BCUT2D eigenvalue weighted by atomic mass is 35.5. The lowest BCUT2D eigenvalue weighted by molar-refractivity contribution is -0.127. The van der Waals surface area contributed by atoms with Crippen LogP contribution in [0.5, 0.6) is 5.75 Å². The molecule has 0 bridgehead atoms. The summed E-state index contributed by atoms with van der Waals surface area (Å²) >= 11 is 5.80. The van der Waals surface area contributed by atoms with Gasteiger partial charge in [0.05, 0.1) is 5.71 Å². The topological polar surface area (TPSA) is 50.7 Å². The minimum absolute atomic E-state index is 0.315. The Labute approximate surface area is 134 Å². The Kier molecular flexibility index (Phi) is 5.55. The van der Waals surface area contributed by atoms with Gasteiger partial charge >= 0.3 is 0 Å². The van der Waals surface area contributed by atoms with E-state index >= 15 is 0 Å². The number of hydrogen-bond donors (Lipinski definition) is 1. The summed E-state index contributed by atoms with van der Waals surface area (Å²) in [5, 5.41) is 4.71. The minimum atomic E-state index is -0.659. The summed E-state index contributed by atoms with van der Waals surface area (Å²) in [4.78, 5) is 12.0. The quantitative estimate of drug-likeness (QED) is 0.676. The molecular weight excluding hydrogens is 300 g/mol. The van der Waals surface area contributed by atoms with Gasteiger partial charge in [-0.1, -0.05) is 41.9 Å². The average molecular weight is 317 g/mol. The molecule has 0 unspecified atom stereocenters. The van der Waals surface area contributed by atoms with Gasteiger partial charge in [-0.25, -0.2) is 5.43 Å². The number of benzene rings is 2. The van der Waals surface area contributed by atoms with Gasteiger partial charge in [-0.15, -0.1) is 0 Å². The molecule has 4 nitrogen and oxygen atoms in total. The monoisotopic (exact) mass is 316 g/mol. The lowest BCUT2D eigenvalue weighted by Gasteiger charge is -2.13. The maximum Gasteiger partial charge on any atom is 0.280 e. The van der Waals surface area contributed by atoms with Gasteiger partial charge in [0.25, 0.3) is 5.91 Å². The number of nitrogens with zero attached hydrogens (tertiary/aromatic N) is 1. The van der Waals surface area contributed by atoms with Gasteiger partial charge in [-0.05, 0) is 43.7 Å². The smallest absolute Gasteiger partial charge is 0.280 e. The number of ether oxygens (including phenoxy) is 1. The molecule has 22 heavy (non-hydrogen) atoms. The van der Waals surface area contributed by atoms with Gasteiger partial charge in [0, 0.05) is 5.02 Å². The van der Waals surface area contributed by atoms with Crippen molar-refractivity contribution in [3.05, 3.63) is 65.2 Å². The van der Waals surface area contributed by atoms with Crippen molar-refractivity contribution in [3.63, 3.8) is 0 Å². The SMILES string of the molecule is CC(=NNC(=O)[C@H](C)Oc1ccc(Cl)cc1)c1ccccc1. The Morgan fingerprint density at radius 3 is 2.41 bits per heavy atom. The van der Waals surface area contributed by atoms with Crippen LogP contribution in [0.4, 0.5) is 0 Å². The molecule has 5 heteroatoms. The second kappa shape index (κ2) is 7.61. The fourth-order valence-electron chi connectivity index (χ4n) is 1.74. The van der Waals surface area contributed by atoms with E-state index in [0.717, 1.165) is 11.3 Å². The van der Waals surface area contributed by atoms with Crippen molar-refractivity contribution in [1.82, 2.24) is 5.43 Å². The van der Waals surface area contributed by atoms with E-state index in [1.807, 2.05) is 37.3 Å². The molecule has 2 rings (SSSR count). The molecule has 0 saturated heterocycles. The van der Waals surface area contributed by atoms with Crippen LogP contribution < -0.4 is 10.2 Å². The minimum Gasteiger partial charge on any atom is -0.481 e. The Balaban J connectivity index is 1.92. The van der Waals surface area contributed by atoms with Crippen molar-refractivity contribution in [2.45, 2.75) is 20.0 Å². The van der Waals surface area contributed by atoms with Crippen molar-refractivity contribution in [2.24, 2.45) is 5.10 Å². The second-order valence-corrected chi connectivity index (χ2v) is 5.19. The molecule has 1 atom stereocenters. The molecule has 0 aliphatic heterocycles. The van der Waals surface area contributed by atoms with Crippen molar-refractivity contribution in [2.75, 3.05) is 0 Å². The van der Waals surface area contributed by atoms with Gasteiger partial charge in [-0.3, -0.25) is 4.79 Å². The van der Waals surface area contributed by atoms with Crippen molar-refractivity contribution in [1.29, 1.82) is 0 Å². The normalized spacial score (nSPS) is 12.6. The molecule has 0 radical (unpaired) electrons. The third kappa shape index (κ3) is 4.60. The number of hydrazone groups is 1. The molecule has 114 valence electrons. The van der Waals surface area contributed by atoms with Crippen LogP contribution in [0.2, 0.25) is 5.02 Å². The lowest BCUT2D eigenvalue weighted by Crippen LogP contribution is -2.33. The van der Waals surface area contributed by atoms with Crippen LogP contribution in [0.3, 0.4) is 0 Å². The summed E-state index contributed by atoms with van der Waals surface area (Å²) in [5.41, 5.74) is 4.19. The summed E-state index contributed by atoms with van der Waals surface area (Å²) in [6.45, 7) is 3.50. The maximum atomic E-state index is 12.0. The first kappa shape index (κ1) is 16.0. The molecule has 0 heterocycles. The van der Waals surface area contributed by atoms with Crippen LogP contribution in [0.1, 0.15) is 19.4 Å². The third-order valence-corrected chi connectivity index (χ3v) is 3.27. The second-order valence-electron chi connectivity index (χ2n) is 4.75. The lowest BCUT2D eigenvalue weighted by atomic mass is 10.1. The number of amides is 1. The first-order valence-electron chi connectivity index (χ1n) is 6.88. The van der Waals surface area contributed by atoms with Gasteiger partial charge in [0.2, 0.25) is 0 Å². The van der Waals surface area contributed by atoms with E-state index in [1.165, 1.54) is 0 Å². The van der Waals surface area contributed by atoms with Crippen LogP contribution in [-0.2, 0) is 4.79 Å². The van der Waals surface area contributed by atoms with E-state index in [9.17, 15) is 4.79 Å². The highest BCUT2D eigenvalue weighted by Gasteiger charge is 2.14. The first-order valence-corrected chi connectivity index (χ1v) is 7.26. The van der Waals surface area contributed by atoms with Gasteiger partial charge < -0.3 is 4.74 Å². The Morgan fingerprint density at radius 2 is 1.77 bits per heavy atom. The Bertz CT molecular complexity index is 654. The fourth-order valence-corrected chi connectivity index (χ4v) is 1.87. The molecule has 0 spiro atoms. The maximum absolute atomic E-state index is 12.0. The van der Waals surface area contributed by atoms with Crippen molar-refractivity contribution >= 4 is 23.2 Å². The third-order valence-electron chi connectivity index (χ3n) is 3.02. The van der Waals surface area contributed by atoms with Crippen LogP contribution in [0.15, 0.2) is 59.7 Å². The Morgan fingerprint density at radius 1 is 1.14 bits per heavy atom. The van der Waals surface area contributed by atoms with E-state index < -0.39 is 6.10 Å². The molecule has 0 aliphatic carbocycles. The van der Waals surface area contributed by atoms with Gasteiger partial charge in [-0.2, -0.15) is 5.10 Å². The van der Waals surface area contributed by atoms with Gasteiger partial charge in [0.1, 0.15) is 5.75 Å². The highest BCUT2D eigenvalue weighted by molar-refractivity contribution is 6.30. The van der Waals surface area contributed by atoms with E-state index in [4.69, 9.17) is 16.3 Å². The molecular formula is C17H17ClN2O2. The number of halogens is 1. The number of nitrogens with one attached hydrogen (secondary N) is 1. The molecule has 2 aromatic carbocycles. The standard InChI is InChI=1S/C17H17ClN2O2/c1-12(14-6-4-3-5-7-14)19-20-17(21)13(2)22-16-10-8-15(18)9-11-16/h3-11,13H,1-2H3,(H,20,21)/t13-/m0/s1. The van der Waals surface area contributed by atoms with Crippen LogP contribution in [-0.4, -0.2) is 17.7 Å². The number of rotatable bonds is 5. The summed E-state index contributed by atoms with van der Waals surface area (Å²) < 4.78 is 5.53. The zero-order chi connectivity index (χ0) is 15.9. The largest absolute Gasteiger partial charge is 0.481 e. The average Bonchev–Trinajstić information content (AvgIpc) is 2.55. The van der Waals surface area contributed by atoms with E-state index in [0.29, 0.717) is 10.8 Å². The van der Waals surface area contributed by atoms with E-state index in [-0.39, 0.29) is 5.91 Å². The zero-order valence-electron chi connectivity index (χ0n) is 12.4. The number of hydrogen-bond acceptors (Lipinski definition) is 3. The predicted molar refractivity (Wildman–Crippen MR) is 88.3 cm³/mol. The molecule has 2 aromatic rings.